The Morgan fingerprint density at radius 2 is 2.04 bits per heavy atom. The van der Waals surface area contributed by atoms with Crippen molar-refractivity contribution in [3.05, 3.63) is 69.7 Å². The number of hydrogen-bond acceptors (Lipinski definition) is 5. The van der Waals surface area contributed by atoms with Gasteiger partial charge >= 0.3 is 0 Å². The zero-order valence-corrected chi connectivity index (χ0v) is 16.5. The average Bonchev–Trinajstić information content (AvgIpc) is 2.67. The molecular formula is C21H24ClN3O3. The van der Waals surface area contributed by atoms with Crippen molar-refractivity contribution in [3.63, 3.8) is 0 Å². The molecule has 0 aliphatic rings. The van der Waals surface area contributed by atoms with Crippen LogP contribution in [0.3, 0.4) is 0 Å². The molecule has 1 atom stereocenters. The minimum atomic E-state index is -0.659. The minimum Gasteiger partial charge on any atom is -0.491 e. The quantitative estimate of drug-likeness (QED) is 0.575. The topological polar surface area (TPSA) is 78.5 Å². The van der Waals surface area contributed by atoms with Gasteiger partial charge in [-0.1, -0.05) is 36.7 Å². The number of ether oxygens (including phenoxy) is 1. The molecule has 3 aromatic rings. The average molecular weight is 402 g/mol. The molecule has 1 heterocycles. The van der Waals surface area contributed by atoms with Gasteiger partial charge < -0.3 is 14.8 Å². The van der Waals surface area contributed by atoms with Crippen LogP contribution in [0.15, 0.2) is 53.3 Å². The van der Waals surface area contributed by atoms with Gasteiger partial charge in [-0.25, -0.2) is 4.98 Å². The minimum absolute atomic E-state index is 0.193. The monoisotopic (exact) mass is 401 g/mol. The number of fused-ring (bicyclic) bond motifs is 1. The van der Waals surface area contributed by atoms with Gasteiger partial charge in [-0.05, 0) is 43.3 Å². The molecule has 7 heteroatoms. The molecule has 3 rings (SSSR count). The Hall–Kier alpha value is -2.41. The Labute approximate surface area is 168 Å². The zero-order chi connectivity index (χ0) is 19.9. The fourth-order valence-corrected chi connectivity index (χ4v) is 3.23. The molecule has 6 nitrogen and oxygen atoms in total. The van der Waals surface area contributed by atoms with E-state index in [1.165, 1.54) is 0 Å². The van der Waals surface area contributed by atoms with Gasteiger partial charge in [0, 0.05) is 11.6 Å². The van der Waals surface area contributed by atoms with E-state index in [-0.39, 0.29) is 12.2 Å². The van der Waals surface area contributed by atoms with Gasteiger partial charge in [-0.3, -0.25) is 9.69 Å². The van der Waals surface area contributed by atoms with E-state index in [9.17, 15) is 9.90 Å². The van der Waals surface area contributed by atoms with Gasteiger partial charge in [0.2, 0.25) is 0 Å². The predicted molar refractivity (Wildman–Crippen MR) is 111 cm³/mol. The molecule has 0 saturated heterocycles. The number of rotatable bonds is 9. The number of aromatic nitrogens is 2. The summed E-state index contributed by atoms with van der Waals surface area (Å²) in [6.07, 6.45) is 0.254. The number of aliphatic hydroxyl groups excluding tert-OH is 1. The normalized spacial score (nSPS) is 12.4. The summed E-state index contributed by atoms with van der Waals surface area (Å²) in [7, 11) is 0. The molecule has 0 aliphatic carbocycles. The molecule has 2 N–H and O–H groups in total. The smallest absolute Gasteiger partial charge is 0.258 e. The number of H-pyrrole nitrogens is 1. The summed E-state index contributed by atoms with van der Waals surface area (Å²) in [5.41, 5.74) is 0.372. The maximum absolute atomic E-state index is 12.3. The highest BCUT2D eigenvalue weighted by Crippen LogP contribution is 2.15. The van der Waals surface area contributed by atoms with Crippen LogP contribution < -0.4 is 10.3 Å². The van der Waals surface area contributed by atoms with Crippen molar-refractivity contribution in [3.8, 4) is 5.75 Å². The maximum atomic E-state index is 12.3. The van der Waals surface area contributed by atoms with Crippen molar-refractivity contribution >= 4 is 22.5 Å². The van der Waals surface area contributed by atoms with Gasteiger partial charge in [0.05, 0.1) is 17.4 Å². The Morgan fingerprint density at radius 1 is 1.25 bits per heavy atom. The molecule has 148 valence electrons. The standard InChI is InChI=1S/C21H24ClN3O3/c1-2-10-25(12-16(26)14-28-17-6-4-3-5-7-17)13-20-23-19-11-15(22)8-9-18(19)21(27)24-20/h3-9,11,16,26H,2,10,12-14H2,1H3,(H,23,24,27). The van der Waals surface area contributed by atoms with Crippen molar-refractivity contribution in [2.24, 2.45) is 0 Å². The second kappa shape index (κ2) is 9.68. The van der Waals surface area contributed by atoms with Crippen molar-refractivity contribution in [2.75, 3.05) is 19.7 Å². The first-order valence-electron chi connectivity index (χ1n) is 9.32. The van der Waals surface area contributed by atoms with Crippen LogP contribution in [-0.2, 0) is 6.54 Å². The van der Waals surface area contributed by atoms with Crippen LogP contribution in [0.5, 0.6) is 5.75 Å². The van der Waals surface area contributed by atoms with E-state index in [0.29, 0.717) is 34.8 Å². The highest BCUT2D eigenvalue weighted by molar-refractivity contribution is 6.31. The molecule has 0 fully saturated rings. The number of nitrogens with one attached hydrogen (secondary N) is 1. The summed E-state index contributed by atoms with van der Waals surface area (Å²) >= 11 is 6.02. The van der Waals surface area contributed by atoms with Crippen molar-refractivity contribution in [1.29, 1.82) is 0 Å². The second-order valence-electron chi connectivity index (χ2n) is 6.69. The van der Waals surface area contributed by atoms with E-state index in [0.717, 1.165) is 18.7 Å². The molecule has 28 heavy (non-hydrogen) atoms. The summed E-state index contributed by atoms with van der Waals surface area (Å²) in [5, 5.41) is 11.4. The molecule has 1 aromatic heterocycles. The summed E-state index contributed by atoms with van der Waals surface area (Å²) in [6.45, 7) is 3.86. The molecule has 2 aromatic carbocycles. The third-order valence-corrected chi connectivity index (χ3v) is 4.52. The fourth-order valence-electron chi connectivity index (χ4n) is 3.06. The van der Waals surface area contributed by atoms with Crippen LogP contribution in [0.4, 0.5) is 0 Å². The Balaban J connectivity index is 1.67. The molecular weight excluding hydrogens is 378 g/mol. The van der Waals surface area contributed by atoms with E-state index in [1.54, 1.807) is 18.2 Å². The first kappa shape index (κ1) is 20.3. The lowest BCUT2D eigenvalue weighted by Crippen LogP contribution is -2.36. The third-order valence-electron chi connectivity index (χ3n) is 4.29. The summed E-state index contributed by atoms with van der Waals surface area (Å²) in [6, 6.07) is 14.4. The van der Waals surface area contributed by atoms with E-state index in [1.807, 2.05) is 35.2 Å². The summed E-state index contributed by atoms with van der Waals surface area (Å²) < 4.78 is 5.62. The number of halogens is 1. The highest BCUT2D eigenvalue weighted by Gasteiger charge is 2.14. The molecule has 0 saturated carbocycles. The molecule has 0 bridgehead atoms. The van der Waals surface area contributed by atoms with Crippen LogP contribution in [0.25, 0.3) is 10.9 Å². The van der Waals surface area contributed by atoms with E-state index in [2.05, 4.69) is 16.9 Å². The number of nitrogens with zero attached hydrogens (tertiary/aromatic N) is 2. The SMILES string of the molecule is CCCN(Cc1nc2cc(Cl)ccc2c(=O)[nH]1)CC(O)COc1ccccc1. The Morgan fingerprint density at radius 3 is 2.79 bits per heavy atom. The molecule has 0 spiro atoms. The number of benzene rings is 2. The Bertz CT molecular complexity index is 962. The van der Waals surface area contributed by atoms with E-state index in [4.69, 9.17) is 16.3 Å². The van der Waals surface area contributed by atoms with Crippen LogP contribution in [0.1, 0.15) is 19.2 Å². The molecule has 0 amide bonds. The van der Waals surface area contributed by atoms with Crippen LogP contribution in [0, 0.1) is 0 Å². The first-order valence-corrected chi connectivity index (χ1v) is 9.69. The van der Waals surface area contributed by atoms with E-state index >= 15 is 0 Å². The number of aliphatic hydroxyl groups is 1. The van der Waals surface area contributed by atoms with Crippen LogP contribution >= 0.6 is 11.6 Å². The largest absolute Gasteiger partial charge is 0.491 e. The molecule has 0 radical (unpaired) electrons. The lowest BCUT2D eigenvalue weighted by atomic mass is 10.2. The van der Waals surface area contributed by atoms with Crippen LogP contribution in [-0.4, -0.2) is 45.8 Å². The van der Waals surface area contributed by atoms with Crippen molar-refractivity contribution < 1.29 is 9.84 Å². The van der Waals surface area contributed by atoms with Gasteiger partial charge in [-0.15, -0.1) is 0 Å². The van der Waals surface area contributed by atoms with Crippen LogP contribution in [0.2, 0.25) is 5.02 Å². The number of aromatic amines is 1. The van der Waals surface area contributed by atoms with Crippen molar-refractivity contribution in [1.82, 2.24) is 14.9 Å². The highest BCUT2D eigenvalue weighted by atomic mass is 35.5. The van der Waals surface area contributed by atoms with Gasteiger partial charge in [-0.2, -0.15) is 0 Å². The molecule has 1 unspecified atom stereocenters. The zero-order valence-electron chi connectivity index (χ0n) is 15.8. The predicted octanol–water partition coefficient (Wildman–Crippen LogP) is 3.23. The fraction of sp³-hybridized carbons (Fsp3) is 0.333. The van der Waals surface area contributed by atoms with Gasteiger partial charge in [0.1, 0.15) is 24.3 Å². The van der Waals surface area contributed by atoms with Gasteiger partial charge in [0.25, 0.3) is 5.56 Å². The number of para-hydroxylation sites is 1. The van der Waals surface area contributed by atoms with Crippen molar-refractivity contribution in [2.45, 2.75) is 26.0 Å². The van der Waals surface area contributed by atoms with Gasteiger partial charge in [0.15, 0.2) is 0 Å². The van der Waals surface area contributed by atoms with E-state index < -0.39 is 6.10 Å². The second-order valence-corrected chi connectivity index (χ2v) is 7.12. The third kappa shape index (κ3) is 5.55. The lowest BCUT2D eigenvalue weighted by Gasteiger charge is -2.24. The summed E-state index contributed by atoms with van der Waals surface area (Å²) in [4.78, 5) is 21.7. The molecule has 0 aliphatic heterocycles. The summed E-state index contributed by atoms with van der Waals surface area (Å²) in [5.74, 6) is 1.27. The lowest BCUT2D eigenvalue weighted by molar-refractivity contribution is 0.0647. The first-order chi connectivity index (χ1) is 13.5. The maximum Gasteiger partial charge on any atom is 0.258 e. The Kier molecular flexibility index (Phi) is 7.03. The number of hydrogen-bond donors (Lipinski definition) is 2.